The molecule has 8 heteroatoms. The van der Waals surface area contributed by atoms with Crippen LogP contribution in [0.2, 0.25) is 0 Å². The van der Waals surface area contributed by atoms with Crippen molar-refractivity contribution in [1.82, 2.24) is 5.32 Å². The Kier molecular flexibility index (Phi) is 15.9. The molecule has 0 spiro atoms. The van der Waals surface area contributed by atoms with Gasteiger partial charge in [-0.05, 0) is 19.3 Å². The predicted molar refractivity (Wildman–Crippen MR) is 85.8 cm³/mol. The third kappa shape index (κ3) is 20.5. The summed E-state index contributed by atoms with van der Waals surface area (Å²) in [6, 6.07) is -0.821. The minimum Gasteiger partial charge on any atom is -0.481 e. The molecule has 0 aliphatic rings. The Balaban J connectivity index is 0. The minimum absolute atomic E-state index is 0.112. The summed E-state index contributed by atoms with van der Waals surface area (Å²) in [6.07, 6.45) is 6.86. The number of carboxylic acids is 2. The maximum absolute atomic E-state index is 10.2. The van der Waals surface area contributed by atoms with Crippen molar-refractivity contribution in [2.75, 3.05) is 6.54 Å². The van der Waals surface area contributed by atoms with E-state index in [2.05, 4.69) is 12.2 Å². The standard InChI is InChI=1S/C8H16O2.C6H14N4O2/c1-2-3-4-5-6-7-8(9)10;7-4(5(11)12)2-1-3-10-6(8)9/h2-7H2,1H3,(H,9,10);4H,1-3,7H2,(H,11,12)(H4,8,9,10). The maximum Gasteiger partial charge on any atom is 0.320 e. The molecule has 0 saturated heterocycles. The average Bonchev–Trinajstić information content (AvgIpc) is 2.43. The molecular formula is C14H30N4O4. The van der Waals surface area contributed by atoms with Crippen molar-refractivity contribution in [2.24, 2.45) is 11.5 Å². The summed E-state index contributed by atoms with van der Waals surface area (Å²) in [5.41, 5.74) is 10.2. The van der Waals surface area contributed by atoms with E-state index in [4.69, 9.17) is 27.1 Å². The molecule has 8 nitrogen and oxygen atoms in total. The smallest absolute Gasteiger partial charge is 0.320 e. The van der Waals surface area contributed by atoms with E-state index in [0.717, 1.165) is 12.8 Å². The van der Waals surface area contributed by atoms with Crippen molar-refractivity contribution in [2.45, 2.75) is 64.3 Å². The molecule has 0 aromatic rings. The van der Waals surface area contributed by atoms with E-state index in [1.165, 1.54) is 19.3 Å². The SMILES string of the molecule is CCCCCCCC(=O)O.N=C(N)NCCCC(N)C(=O)O. The highest BCUT2D eigenvalue weighted by Crippen LogP contribution is 2.04. The molecule has 0 saturated carbocycles. The number of aliphatic carboxylic acids is 2. The molecule has 8 N–H and O–H groups in total. The lowest BCUT2D eigenvalue weighted by molar-refractivity contribution is -0.139. The normalized spacial score (nSPS) is 11.0. The second-order valence-electron chi connectivity index (χ2n) is 4.99. The van der Waals surface area contributed by atoms with Gasteiger partial charge in [-0.25, -0.2) is 0 Å². The second kappa shape index (κ2) is 15.6. The largest absolute Gasteiger partial charge is 0.481 e. The van der Waals surface area contributed by atoms with Crippen molar-refractivity contribution >= 4 is 17.9 Å². The van der Waals surface area contributed by atoms with Gasteiger partial charge in [-0.2, -0.15) is 0 Å². The molecular weight excluding hydrogens is 288 g/mol. The molecule has 0 rings (SSSR count). The predicted octanol–water partition coefficient (Wildman–Crippen LogP) is 1.09. The zero-order valence-electron chi connectivity index (χ0n) is 13.3. The summed E-state index contributed by atoms with van der Waals surface area (Å²) in [7, 11) is 0. The van der Waals surface area contributed by atoms with Crippen molar-refractivity contribution in [3.63, 3.8) is 0 Å². The van der Waals surface area contributed by atoms with Gasteiger partial charge in [0.1, 0.15) is 6.04 Å². The van der Waals surface area contributed by atoms with E-state index in [-0.39, 0.29) is 5.96 Å². The molecule has 0 bridgehead atoms. The van der Waals surface area contributed by atoms with Crippen LogP contribution in [0.1, 0.15) is 58.3 Å². The quantitative estimate of drug-likeness (QED) is 0.189. The molecule has 130 valence electrons. The van der Waals surface area contributed by atoms with Crippen LogP contribution < -0.4 is 16.8 Å². The van der Waals surface area contributed by atoms with Crippen LogP contribution in [-0.4, -0.2) is 40.7 Å². The fraction of sp³-hybridized carbons (Fsp3) is 0.786. The molecule has 0 fully saturated rings. The van der Waals surface area contributed by atoms with Gasteiger partial charge >= 0.3 is 11.9 Å². The summed E-state index contributed by atoms with van der Waals surface area (Å²) >= 11 is 0. The van der Waals surface area contributed by atoms with Gasteiger partial charge in [0.2, 0.25) is 0 Å². The van der Waals surface area contributed by atoms with Crippen LogP contribution in [0.4, 0.5) is 0 Å². The fourth-order valence-corrected chi connectivity index (χ4v) is 1.55. The molecule has 0 aliphatic carbocycles. The van der Waals surface area contributed by atoms with Gasteiger partial charge in [-0.15, -0.1) is 0 Å². The van der Waals surface area contributed by atoms with Gasteiger partial charge in [-0.1, -0.05) is 32.6 Å². The van der Waals surface area contributed by atoms with Crippen molar-refractivity contribution in [3.05, 3.63) is 0 Å². The molecule has 0 heterocycles. The third-order valence-electron chi connectivity index (χ3n) is 2.82. The Hall–Kier alpha value is -1.83. The average molecular weight is 318 g/mol. The zero-order valence-corrected chi connectivity index (χ0v) is 13.3. The van der Waals surface area contributed by atoms with Gasteiger partial charge in [0.25, 0.3) is 0 Å². The Bertz CT molecular complexity index is 324. The first kappa shape index (κ1) is 22.5. The number of hydrogen-bond acceptors (Lipinski definition) is 4. The molecule has 0 aromatic carbocycles. The Morgan fingerprint density at radius 2 is 1.73 bits per heavy atom. The van der Waals surface area contributed by atoms with Crippen LogP contribution in [0.3, 0.4) is 0 Å². The van der Waals surface area contributed by atoms with E-state index in [1.807, 2.05) is 0 Å². The van der Waals surface area contributed by atoms with Crippen molar-refractivity contribution in [3.8, 4) is 0 Å². The highest BCUT2D eigenvalue weighted by Gasteiger charge is 2.09. The minimum atomic E-state index is -1.00. The van der Waals surface area contributed by atoms with Crippen molar-refractivity contribution < 1.29 is 19.8 Å². The number of hydrogen-bond donors (Lipinski definition) is 6. The van der Waals surface area contributed by atoms with Gasteiger partial charge < -0.3 is 27.0 Å². The molecule has 1 atom stereocenters. The van der Waals surface area contributed by atoms with Crippen molar-refractivity contribution in [1.29, 1.82) is 5.41 Å². The van der Waals surface area contributed by atoms with Crippen LogP contribution in [0.5, 0.6) is 0 Å². The summed E-state index contributed by atoms with van der Waals surface area (Å²) in [5, 5.41) is 26.0. The number of nitrogens with two attached hydrogens (primary N) is 2. The number of rotatable bonds is 11. The van der Waals surface area contributed by atoms with Gasteiger partial charge in [-0.3, -0.25) is 15.0 Å². The third-order valence-corrected chi connectivity index (χ3v) is 2.82. The highest BCUT2D eigenvalue weighted by atomic mass is 16.4. The molecule has 0 aliphatic heterocycles. The maximum atomic E-state index is 10.2. The van der Waals surface area contributed by atoms with E-state index in [1.54, 1.807) is 0 Å². The topological polar surface area (TPSA) is 163 Å². The summed E-state index contributed by atoms with van der Waals surface area (Å²) in [6.45, 7) is 2.63. The van der Waals surface area contributed by atoms with Crippen LogP contribution in [-0.2, 0) is 9.59 Å². The van der Waals surface area contributed by atoms with Gasteiger partial charge in [0.15, 0.2) is 5.96 Å². The van der Waals surface area contributed by atoms with E-state index < -0.39 is 18.0 Å². The number of carbonyl (C=O) groups is 2. The Morgan fingerprint density at radius 3 is 2.18 bits per heavy atom. The first-order chi connectivity index (χ1) is 10.3. The number of nitrogens with one attached hydrogen (secondary N) is 2. The van der Waals surface area contributed by atoms with E-state index >= 15 is 0 Å². The lowest BCUT2D eigenvalue weighted by Gasteiger charge is -2.06. The Morgan fingerprint density at radius 1 is 1.14 bits per heavy atom. The number of carboxylic acid groups (broad SMARTS) is 2. The first-order valence-electron chi connectivity index (χ1n) is 7.59. The summed E-state index contributed by atoms with van der Waals surface area (Å²) < 4.78 is 0. The van der Waals surface area contributed by atoms with Crippen LogP contribution >= 0.6 is 0 Å². The Labute approximate surface area is 131 Å². The van der Waals surface area contributed by atoms with Crippen LogP contribution in [0.25, 0.3) is 0 Å². The van der Waals surface area contributed by atoms with Crippen LogP contribution in [0.15, 0.2) is 0 Å². The van der Waals surface area contributed by atoms with Crippen LogP contribution in [0, 0.1) is 5.41 Å². The second-order valence-corrected chi connectivity index (χ2v) is 4.99. The molecule has 22 heavy (non-hydrogen) atoms. The van der Waals surface area contributed by atoms with E-state index in [9.17, 15) is 9.59 Å². The fourth-order valence-electron chi connectivity index (χ4n) is 1.55. The highest BCUT2D eigenvalue weighted by molar-refractivity contribution is 5.74. The molecule has 1 unspecified atom stereocenters. The summed E-state index contributed by atoms with van der Waals surface area (Å²) in [5.74, 6) is -1.78. The number of unbranched alkanes of at least 4 members (excludes halogenated alkanes) is 4. The van der Waals surface area contributed by atoms with Gasteiger partial charge in [0.05, 0.1) is 0 Å². The molecule has 0 radical (unpaired) electrons. The molecule has 0 amide bonds. The lowest BCUT2D eigenvalue weighted by Crippen LogP contribution is -2.34. The van der Waals surface area contributed by atoms with Gasteiger partial charge in [0, 0.05) is 13.0 Å². The number of guanidine groups is 1. The van der Waals surface area contributed by atoms with E-state index in [0.29, 0.717) is 25.8 Å². The summed E-state index contributed by atoms with van der Waals surface area (Å²) in [4.78, 5) is 20.2. The molecule has 0 aromatic heterocycles. The monoisotopic (exact) mass is 318 g/mol. The lowest BCUT2D eigenvalue weighted by atomic mass is 10.1. The first-order valence-corrected chi connectivity index (χ1v) is 7.59. The zero-order chi connectivity index (χ0) is 17.4.